The van der Waals surface area contributed by atoms with Gasteiger partial charge < -0.3 is 4.74 Å². The van der Waals surface area contributed by atoms with Gasteiger partial charge in [-0.1, -0.05) is 12.1 Å². The molecule has 2 heterocycles. The van der Waals surface area contributed by atoms with Crippen molar-refractivity contribution in [1.82, 2.24) is 14.8 Å². The molecule has 0 aliphatic heterocycles. The van der Waals surface area contributed by atoms with Gasteiger partial charge in [0.2, 0.25) is 0 Å². The third kappa shape index (κ3) is 3.13. The summed E-state index contributed by atoms with van der Waals surface area (Å²) in [6, 6.07) is 12.0. The van der Waals surface area contributed by atoms with E-state index in [1.54, 1.807) is 13.3 Å². The molecule has 5 heteroatoms. The zero-order valence-electron chi connectivity index (χ0n) is 13.9. The number of hydrogen-bond donors (Lipinski definition) is 0. The summed E-state index contributed by atoms with van der Waals surface area (Å²) in [4.78, 5) is 4.56. The van der Waals surface area contributed by atoms with Crippen molar-refractivity contribution in [3.63, 3.8) is 0 Å². The molecule has 3 rings (SSSR count). The number of aryl methyl sites for hydroxylation is 2. The Hall–Kier alpha value is -3.13. The molecule has 0 bridgehead atoms. The summed E-state index contributed by atoms with van der Waals surface area (Å²) in [6.45, 7) is 4.55. The molecule has 0 unspecified atom stereocenters. The van der Waals surface area contributed by atoms with Gasteiger partial charge in [-0.3, -0.25) is 9.67 Å². The highest BCUT2D eigenvalue weighted by atomic mass is 16.5. The second kappa shape index (κ2) is 6.55. The molecule has 2 aromatic heterocycles. The number of nitrogens with zero attached hydrogens (tertiary/aromatic N) is 4. The SMILES string of the molecule is COc1ccc(Cn2cc(-c3nc(C)c(C)cc3C#N)cn2)cc1. The maximum Gasteiger partial charge on any atom is 0.118 e. The minimum Gasteiger partial charge on any atom is -0.497 e. The molecule has 120 valence electrons. The Labute approximate surface area is 141 Å². The molecule has 5 nitrogen and oxygen atoms in total. The number of ether oxygens (including phenoxy) is 1. The van der Waals surface area contributed by atoms with Gasteiger partial charge in [0.25, 0.3) is 0 Å². The Kier molecular flexibility index (Phi) is 4.30. The van der Waals surface area contributed by atoms with Crippen LogP contribution in [0.3, 0.4) is 0 Å². The van der Waals surface area contributed by atoms with Gasteiger partial charge in [0.1, 0.15) is 11.8 Å². The summed E-state index contributed by atoms with van der Waals surface area (Å²) in [7, 11) is 1.65. The van der Waals surface area contributed by atoms with E-state index in [-0.39, 0.29) is 0 Å². The lowest BCUT2D eigenvalue weighted by Crippen LogP contribution is -1.99. The van der Waals surface area contributed by atoms with Gasteiger partial charge >= 0.3 is 0 Å². The molecule has 0 atom stereocenters. The largest absolute Gasteiger partial charge is 0.497 e. The second-order valence-electron chi connectivity index (χ2n) is 5.67. The summed E-state index contributed by atoms with van der Waals surface area (Å²) < 4.78 is 7.01. The molecule has 0 saturated carbocycles. The van der Waals surface area contributed by atoms with Gasteiger partial charge in [0.15, 0.2) is 0 Å². The predicted octanol–water partition coefficient (Wildman–Crippen LogP) is 3.49. The number of benzene rings is 1. The molecule has 0 fully saturated rings. The third-order valence-corrected chi connectivity index (χ3v) is 4.00. The van der Waals surface area contributed by atoms with Gasteiger partial charge in [0, 0.05) is 17.5 Å². The van der Waals surface area contributed by atoms with E-state index in [1.807, 2.05) is 55.1 Å². The summed E-state index contributed by atoms with van der Waals surface area (Å²) >= 11 is 0. The first-order valence-electron chi connectivity index (χ1n) is 7.65. The molecule has 1 aromatic carbocycles. The van der Waals surface area contributed by atoms with Crippen LogP contribution >= 0.6 is 0 Å². The number of aromatic nitrogens is 3. The van der Waals surface area contributed by atoms with E-state index in [4.69, 9.17) is 4.74 Å². The van der Waals surface area contributed by atoms with Crippen LogP contribution in [0.1, 0.15) is 22.4 Å². The van der Waals surface area contributed by atoms with Crippen LogP contribution in [-0.2, 0) is 6.54 Å². The third-order valence-electron chi connectivity index (χ3n) is 4.00. The number of methoxy groups -OCH3 is 1. The Morgan fingerprint density at radius 3 is 2.62 bits per heavy atom. The average Bonchev–Trinajstić information content (AvgIpc) is 3.06. The molecule has 0 radical (unpaired) electrons. The fourth-order valence-electron chi connectivity index (χ4n) is 2.50. The van der Waals surface area contributed by atoms with Crippen LogP contribution in [0.15, 0.2) is 42.7 Å². The van der Waals surface area contributed by atoms with Crippen LogP contribution in [0.2, 0.25) is 0 Å². The molecule has 24 heavy (non-hydrogen) atoms. The highest BCUT2D eigenvalue weighted by molar-refractivity contribution is 5.66. The van der Waals surface area contributed by atoms with Gasteiger partial charge in [-0.05, 0) is 43.2 Å². The van der Waals surface area contributed by atoms with Gasteiger partial charge in [-0.2, -0.15) is 10.4 Å². The minimum absolute atomic E-state index is 0.571. The second-order valence-corrected chi connectivity index (χ2v) is 5.67. The molecular weight excluding hydrogens is 300 g/mol. The smallest absolute Gasteiger partial charge is 0.118 e. The van der Waals surface area contributed by atoms with Crippen molar-refractivity contribution in [2.45, 2.75) is 20.4 Å². The lowest BCUT2D eigenvalue weighted by atomic mass is 10.1. The summed E-state index contributed by atoms with van der Waals surface area (Å²) in [5.41, 5.74) is 5.17. The van der Waals surface area contributed by atoms with Crippen molar-refractivity contribution in [2.24, 2.45) is 0 Å². The topological polar surface area (TPSA) is 63.7 Å². The van der Waals surface area contributed by atoms with Gasteiger partial charge in [-0.25, -0.2) is 0 Å². The van der Waals surface area contributed by atoms with Gasteiger partial charge in [0.05, 0.1) is 31.1 Å². The minimum atomic E-state index is 0.571. The van der Waals surface area contributed by atoms with Crippen LogP contribution < -0.4 is 4.74 Å². The van der Waals surface area contributed by atoms with Crippen molar-refractivity contribution in [1.29, 1.82) is 5.26 Å². The standard InChI is InChI=1S/C19H18N4O/c1-13-8-16(9-20)19(22-14(13)2)17-10-21-23(12-17)11-15-4-6-18(24-3)7-5-15/h4-8,10,12H,11H2,1-3H3. The first-order valence-corrected chi connectivity index (χ1v) is 7.65. The van der Waals surface area contributed by atoms with Crippen molar-refractivity contribution in [3.8, 4) is 23.1 Å². The van der Waals surface area contributed by atoms with Crippen LogP contribution in [0.5, 0.6) is 5.75 Å². The molecule has 0 amide bonds. The van der Waals surface area contributed by atoms with Crippen LogP contribution in [0, 0.1) is 25.2 Å². The van der Waals surface area contributed by atoms with E-state index in [0.717, 1.165) is 28.1 Å². The molecule has 0 N–H and O–H groups in total. The zero-order valence-corrected chi connectivity index (χ0v) is 13.9. The molecule has 0 spiro atoms. The molecule has 0 saturated heterocycles. The maximum absolute atomic E-state index is 9.36. The summed E-state index contributed by atoms with van der Waals surface area (Å²) in [6.07, 6.45) is 3.67. The van der Waals surface area contributed by atoms with Crippen LogP contribution in [-0.4, -0.2) is 21.9 Å². The maximum atomic E-state index is 9.36. The number of pyridine rings is 1. The summed E-state index contributed by atoms with van der Waals surface area (Å²) in [5.74, 6) is 0.831. The predicted molar refractivity (Wildman–Crippen MR) is 91.7 cm³/mol. The van der Waals surface area contributed by atoms with Crippen LogP contribution in [0.4, 0.5) is 0 Å². The normalized spacial score (nSPS) is 10.4. The number of nitriles is 1. The fraction of sp³-hybridized carbons (Fsp3) is 0.211. The van der Waals surface area contributed by atoms with Crippen molar-refractivity contribution in [2.75, 3.05) is 7.11 Å². The highest BCUT2D eigenvalue weighted by Gasteiger charge is 2.11. The fourth-order valence-corrected chi connectivity index (χ4v) is 2.50. The Morgan fingerprint density at radius 1 is 1.21 bits per heavy atom. The van der Waals surface area contributed by atoms with E-state index >= 15 is 0 Å². The molecule has 0 aliphatic rings. The molecule has 0 aliphatic carbocycles. The highest BCUT2D eigenvalue weighted by Crippen LogP contribution is 2.23. The zero-order chi connectivity index (χ0) is 17.1. The number of hydrogen-bond acceptors (Lipinski definition) is 4. The van der Waals surface area contributed by atoms with E-state index in [0.29, 0.717) is 17.8 Å². The molecular formula is C19H18N4O. The van der Waals surface area contributed by atoms with Crippen molar-refractivity contribution in [3.05, 3.63) is 65.1 Å². The van der Waals surface area contributed by atoms with Crippen molar-refractivity contribution < 1.29 is 4.74 Å². The average molecular weight is 318 g/mol. The van der Waals surface area contributed by atoms with E-state index in [2.05, 4.69) is 16.2 Å². The Bertz CT molecular complexity index is 904. The van der Waals surface area contributed by atoms with E-state index < -0.39 is 0 Å². The Morgan fingerprint density at radius 2 is 1.96 bits per heavy atom. The quantitative estimate of drug-likeness (QED) is 0.738. The summed E-state index contributed by atoms with van der Waals surface area (Å²) in [5, 5.41) is 13.8. The monoisotopic (exact) mass is 318 g/mol. The van der Waals surface area contributed by atoms with E-state index in [1.165, 1.54) is 0 Å². The molecule has 3 aromatic rings. The Balaban J connectivity index is 1.88. The van der Waals surface area contributed by atoms with E-state index in [9.17, 15) is 5.26 Å². The van der Waals surface area contributed by atoms with Crippen molar-refractivity contribution >= 4 is 0 Å². The lowest BCUT2D eigenvalue weighted by molar-refractivity contribution is 0.414. The number of rotatable bonds is 4. The van der Waals surface area contributed by atoms with Gasteiger partial charge in [-0.15, -0.1) is 0 Å². The first kappa shape index (κ1) is 15.8. The van der Waals surface area contributed by atoms with Crippen LogP contribution in [0.25, 0.3) is 11.3 Å². The first-order chi connectivity index (χ1) is 11.6. The lowest BCUT2D eigenvalue weighted by Gasteiger charge is -2.05.